The molecule has 2 N–H and O–H groups in total. The van der Waals surface area contributed by atoms with Gasteiger partial charge in [-0.15, -0.1) is 0 Å². The summed E-state index contributed by atoms with van der Waals surface area (Å²) in [5.41, 5.74) is 1.53. The fraction of sp³-hybridized carbons (Fsp3) is 0.211. The van der Waals surface area contributed by atoms with Crippen LogP contribution >= 0.6 is 0 Å². The number of aromatic nitrogens is 3. The van der Waals surface area contributed by atoms with Crippen LogP contribution in [0.3, 0.4) is 0 Å². The third-order valence-corrected chi connectivity index (χ3v) is 4.63. The first-order valence-electron chi connectivity index (χ1n) is 8.41. The van der Waals surface area contributed by atoms with Gasteiger partial charge in [-0.3, -0.25) is 4.79 Å². The van der Waals surface area contributed by atoms with Gasteiger partial charge in [0.15, 0.2) is 0 Å². The lowest BCUT2D eigenvalue weighted by atomic mass is 9.85. The van der Waals surface area contributed by atoms with Crippen molar-refractivity contribution in [3.05, 3.63) is 72.3 Å². The van der Waals surface area contributed by atoms with E-state index in [1.54, 1.807) is 16.8 Å². The molecule has 0 unspecified atom stereocenters. The second kappa shape index (κ2) is 6.59. The Hall–Kier alpha value is -3.22. The van der Waals surface area contributed by atoms with E-state index in [-0.39, 0.29) is 23.8 Å². The minimum Gasteiger partial charge on any atom is -0.351 e. The van der Waals surface area contributed by atoms with Crippen LogP contribution in [0.5, 0.6) is 0 Å². The summed E-state index contributed by atoms with van der Waals surface area (Å²) in [4.78, 5) is 17.3. The predicted octanol–water partition coefficient (Wildman–Crippen LogP) is 3.08. The van der Waals surface area contributed by atoms with E-state index in [0.717, 1.165) is 11.3 Å². The molecule has 2 aromatic carbocycles. The summed E-state index contributed by atoms with van der Waals surface area (Å²) in [6, 6.07) is 14.9. The van der Waals surface area contributed by atoms with E-state index >= 15 is 0 Å². The molecule has 0 saturated heterocycles. The van der Waals surface area contributed by atoms with Crippen molar-refractivity contribution in [2.45, 2.75) is 19.0 Å². The summed E-state index contributed by atoms with van der Waals surface area (Å²) in [7, 11) is 0. The molecule has 1 aliphatic heterocycles. The van der Waals surface area contributed by atoms with Gasteiger partial charge < -0.3 is 10.6 Å². The van der Waals surface area contributed by atoms with Crippen molar-refractivity contribution in [1.29, 1.82) is 0 Å². The number of hydrogen-bond acceptors (Lipinski definition) is 4. The molecule has 0 spiro atoms. The number of halogens is 1. The highest BCUT2D eigenvalue weighted by Crippen LogP contribution is 2.36. The third-order valence-electron chi connectivity index (χ3n) is 4.63. The zero-order valence-electron chi connectivity index (χ0n) is 14.1. The van der Waals surface area contributed by atoms with E-state index in [9.17, 15) is 9.18 Å². The van der Waals surface area contributed by atoms with Crippen molar-refractivity contribution in [3.8, 4) is 0 Å². The van der Waals surface area contributed by atoms with Crippen molar-refractivity contribution in [2.24, 2.45) is 5.92 Å². The molecule has 3 atom stereocenters. The molecule has 0 radical (unpaired) electrons. The average molecular weight is 351 g/mol. The Labute approximate surface area is 150 Å². The molecule has 3 aromatic rings. The largest absolute Gasteiger partial charge is 0.351 e. The second-order valence-electron chi connectivity index (χ2n) is 6.34. The smallest absolute Gasteiger partial charge is 0.232 e. The summed E-state index contributed by atoms with van der Waals surface area (Å²) in [5, 5.41) is 10.5. The minimum absolute atomic E-state index is 0.133. The van der Waals surface area contributed by atoms with Gasteiger partial charge in [-0.1, -0.05) is 30.3 Å². The van der Waals surface area contributed by atoms with Gasteiger partial charge >= 0.3 is 0 Å². The van der Waals surface area contributed by atoms with E-state index in [1.807, 2.05) is 37.3 Å². The maximum Gasteiger partial charge on any atom is 0.232 e. The van der Waals surface area contributed by atoms with Crippen LogP contribution in [0, 0.1) is 11.7 Å². The summed E-state index contributed by atoms with van der Waals surface area (Å²) in [6.45, 7) is 1.93. The Kier molecular flexibility index (Phi) is 4.12. The molecule has 2 heterocycles. The first-order chi connectivity index (χ1) is 12.6. The molecule has 1 aliphatic rings. The third kappa shape index (κ3) is 2.92. The molecule has 1 amide bonds. The Bertz CT molecular complexity index is 909. The van der Waals surface area contributed by atoms with E-state index < -0.39 is 5.92 Å². The lowest BCUT2D eigenvalue weighted by Crippen LogP contribution is -2.46. The summed E-state index contributed by atoms with van der Waals surface area (Å²) < 4.78 is 15.1. The molecule has 1 aromatic heterocycles. The normalized spacial score (nSPS) is 21.5. The van der Waals surface area contributed by atoms with Gasteiger partial charge in [0, 0.05) is 11.7 Å². The van der Waals surface area contributed by atoms with Crippen LogP contribution in [-0.2, 0) is 4.79 Å². The highest BCUT2D eigenvalue weighted by molar-refractivity contribution is 5.94. The molecule has 4 rings (SSSR count). The van der Waals surface area contributed by atoms with Gasteiger partial charge in [0.2, 0.25) is 11.9 Å². The van der Waals surface area contributed by atoms with Gasteiger partial charge in [0.25, 0.3) is 0 Å². The Balaban J connectivity index is 1.73. The number of nitrogens with one attached hydrogen (secondary N) is 2. The van der Waals surface area contributed by atoms with E-state index in [1.165, 1.54) is 18.5 Å². The number of nitrogens with zero attached hydrogens (tertiary/aromatic N) is 3. The molecule has 26 heavy (non-hydrogen) atoms. The summed E-state index contributed by atoms with van der Waals surface area (Å²) >= 11 is 0. The van der Waals surface area contributed by atoms with Crippen LogP contribution in [0.25, 0.3) is 0 Å². The number of benzene rings is 2. The molecule has 0 aliphatic carbocycles. The monoisotopic (exact) mass is 351 g/mol. The standard InChI is InChI=1S/C19H18FN5O/c1-12-16(18(26)24-15-5-3-2-4-6-15)17(13-7-9-14(20)10-8-13)25-19(23-12)21-11-22-25/h2-12,16-17H,1H3,(H,24,26)(H,21,22,23)/t12-,16-,17+/m0/s1. The highest BCUT2D eigenvalue weighted by atomic mass is 19.1. The van der Waals surface area contributed by atoms with Crippen molar-refractivity contribution in [2.75, 3.05) is 10.6 Å². The molecule has 132 valence electrons. The topological polar surface area (TPSA) is 71.8 Å². The molecule has 6 nitrogen and oxygen atoms in total. The maximum atomic E-state index is 13.4. The summed E-state index contributed by atoms with van der Waals surface area (Å²) in [6.07, 6.45) is 1.45. The van der Waals surface area contributed by atoms with Gasteiger partial charge in [-0.2, -0.15) is 10.1 Å². The molecule has 7 heteroatoms. The van der Waals surface area contributed by atoms with Crippen molar-refractivity contribution in [1.82, 2.24) is 14.8 Å². The first-order valence-corrected chi connectivity index (χ1v) is 8.41. The van der Waals surface area contributed by atoms with Gasteiger partial charge in [-0.25, -0.2) is 9.07 Å². The van der Waals surface area contributed by atoms with Crippen molar-refractivity contribution >= 4 is 17.5 Å². The van der Waals surface area contributed by atoms with Crippen LogP contribution in [0.15, 0.2) is 60.9 Å². The van der Waals surface area contributed by atoms with Crippen LogP contribution < -0.4 is 10.6 Å². The lowest BCUT2D eigenvalue weighted by Gasteiger charge is -2.36. The Morgan fingerprint density at radius 2 is 1.88 bits per heavy atom. The predicted molar refractivity (Wildman–Crippen MR) is 96.2 cm³/mol. The number of carbonyl (C=O) groups is 1. The van der Waals surface area contributed by atoms with Crippen LogP contribution in [0.4, 0.5) is 16.0 Å². The Morgan fingerprint density at radius 3 is 2.62 bits per heavy atom. The molecule has 0 saturated carbocycles. The number of carbonyl (C=O) groups excluding carboxylic acids is 1. The average Bonchev–Trinajstić information content (AvgIpc) is 3.10. The quantitative estimate of drug-likeness (QED) is 0.761. The summed E-state index contributed by atoms with van der Waals surface area (Å²) in [5.74, 6) is -0.308. The molecular weight excluding hydrogens is 333 g/mol. The van der Waals surface area contributed by atoms with Gasteiger partial charge in [-0.05, 0) is 36.8 Å². The van der Waals surface area contributed by atoms with E-state index in [2.05, 4.69) is 20.7 Å². The van der Waals surface area contributed by atoms with Gasteiger partial charge in [0.1, 0.15) is 12.1 Å². The minimum atomic E-state index is -0.449. The fourth-order valence-corrected chi connectivity index (χ4v) is 3.40. The van der Waals surface area contributed by atoms with E-state index in [4.69, 9.17) is 0 Å². The highest BCUT2D eigenvalue weighted by Gasteiger charge is 2.41. The zero-order valence-corrected chi connectivity index (χ0v) is 14.1. The van der Waals surface area contributed by atoms with Gasteiger partial charge in [0.05, 0.1) is 12.0 Å². The number of amides is 1. The lowest BCUT2D eigenvalue weighted by molar-refractivity contribution is -0.121. The number of para-hydroxylation sites is 1. The Morgan fingerprint density at radius 1 is 1.15 bits per heavy atom. The molecule has 0 fully saturated rings. The first kappa shape index (κ1) is 16.3. The fourth-order valence-electron chi connectivity index (χ4n) is 3.40. The van der Waals surface area contributed by atoms with Crippen molar-refractivity contribution in [3.63, 3.8) is 0 Å². The SMILES string of the molecule is C[C@@H]1Nc2ncnn2[C@H](c2ccc(F)cc2)[C@H]1C(=O)Nc1ccccc1. The number of rotatable bonds is 3. The second-order valence-corrected chi connectivity index (χ2v) is 6.34. The van der Waals surface area contributed by atoms with Crippen LogP contribution in [-0.4, -0.2) is 26.7 Å². The number of anilines is 2. The number of fused-ring (bicyclic) bond motifs is 1. The maximum absolute atomic E-state index is 13.4. The molecular formula is C19H18FN5O. The van der Waals surface area contributed by atoms with Crippen LogP contribution in [0.2, 0.25) is 0 Å². The van der Waals surface area contributed by atoms with Crippen molar-refractivity contribution < 1.29 is 9.18 Å². The molecule has 0 bridgehead atoms. The van der Waals surface area contributed by atoms with E-state index in [0.29, 0.717) is 5.95 Å². The number of hydrogen-bond donors (Lipinski definition) is 2. The van der Waals surface area contributed by atoms with Crippen LogP contribution in [0.1, 0.15) is 18.5 Å². The zero-order chi connectivity index (χ0) is 18.1.